The molecule has 1 aromatic heterocycles. The number of methoxy groups -OCH3 is 1. The van der Waals surface area contributed by atoms with Crippen LogP contribution in [-0.4, -0.2) is 36.5 Å². The molecule has 0 radical (unpaired) electrons. The molecule has 1 heterocycles. The van der Waals surface area contributed by atoms with E-state index in [1.54, 1.807) is 34.6 Å². The van der Waals surface area contributed by atoms with Gasteiger partial charge in [0.25, 0.3) is 0 Å². The molecule has 0 bridgehead atoms. The van der Waals surface area contributed by atoms with Crippen molar-refractivity contribution in [3.8, 4) is 5.75 Å². The summed E-state index contributed by atoms with van der Waals surface area (Å²) >= 11 is 0. The van der Waals surface area contributed by atoms with Gasteiger partial charge in [-0.1, -0.05) is 6.92 Å². The van der Waals surface area contributed by atoms with Crippen molar-refractivity contribution in [3.05, 3.63) is 27.3 Å². The predicted octanol–water partition coefficient (Wildman–Crippen LogP) is 3.39. The second-order valence-electron chi connectivity index (χ2n) is 8.21. The van der Waals surface area contributed by atoms with Gasteiger partial charge in [-0.3, -0.25) is 14.4 Å². The van der Waals surface area contributed by atoms with Gasteiger partial charge in [0.1, 0.15) is 34.7 Å². The number of carbonyl (C=O) groups excluding carboxylic acids is 3. The van der Waals surface area contributed by atoms with Crippen LogP contribution in [0.5, 0.6) is 5.75 Å². The van der Waals surface area contributed by atoms with E-state index in [4.69, 9.17) is 18.6 Å². The molecule has 0 fully saturated rings. The fourth-order valence-corrected chi connectivity index (χ4v) is 2.12. The third-order valence-corrected chi connectivity index (χ3v) is 3.19. The summed E-state index contributed by atoms with van der Waals surface area (Å²) in [6.07, 6.45) is 0.625. The summed E-state index contributed by atoms with van der Waals surface area (Å²) in [5.41, 5.74) is -1.55. The summed E-state index contributed by atoms with van der Waals surface area (Å²) < 4.78 is 20.1. The largest absolute Gasteiger partial charge is 0.495 e. The van der Waals surface area contributed by atoms with Gasteiger partial charge in [-0.2, -0.15) is 0 Å². The van der Waals surface area contributed by atoms with Gasteiger partial charge in [0, 0.05) is 12.0 Å². The van der Waals surface area contributed by atoms with Crippen LogP contribution in [0.1, 0.15) is 76.6 Å². The van der Waals surface area contributed by atoms with Crippen molar-refractivity contribution in [1.82, 2.24) is 0 Å². The zero-order chi connectivity index (χ0) is 23.0. The smallest absolute Gasteiger partial charge is 0.350 e. The van der Waals surface area contributed by atoms with E-state index < -0.39 is 17.2 Å². The van der Waals surface area contributed by atoms with Crippen LogP contribution in [0.25, 0.3) is 0 Å². The average molecular weight is 412 g/mol. The van der Waals surface area contributed by atoms with Crippen LogP contribution >= 0.6 is 0 Å². The Morgan fingerprint density at radius 2 is 1.48 bits per heavy atom. The number of aldehydes is 1. The highest BCUT2D eigenvalue weighted by Gasteiger charge is 2.22. The van der Waals surface area contributed by atoms with Gasteiger partial charge in [-0.25, -0.2) is 4.79 Å². The first-order valence-corrected chi connectivity index (χ1v) is 9.24. The number of esters is 2. The molecule has 8 heteroatoms. The molecule has 0 aliphatic rings. The standard InChI is InChI=1S/C14H18O6.C7H14O2/c1-8-10(6-11(16)20-14(2,3)4)19-13(17)9(7-15)12(8)18-5;1-5-6(8)9-7(2,3)4/h7H,6H2,1-5H3;5H2,1-4H3. The molecule has 1 aromatic rings. The molecule has 0 unspecified atom stereocenters. The maximum atomic E-state index is 11.8. The highest BCUT2D eigenvalue weighted by Crippen LogP contribution is 2.23. The number of rotatable bonds is 5. The highest BCUT2D eigenvalue weighted by atomic mass is 16.6. The van der Waals surface area contributed by atoms with Crippen molar-refractivity contribution >= 4 is 18.2 Å². The molecule has 29 heavy (non-hydrogen) atoms. The Hall–Kier alpha value is -2.64. The van der Waals surface area contributed by atoms with E-state index in [-0.39, 0.29) is 35.1 Å². The molecule has 0 spiro atoms. The fraction of sp³-hybridized carbons (Fsp3) is 0.619. The molecule has 0 aliphatic heterocycles. The summed E-state index contributed by atoms with van der Waals surface area (Å²) in [7, 11) is 1.34. The summed E-state index contributed by atoms with van der Waals surface area (Å²) in [6.45, 7) is 14.2. The summed E-state index contributed by atoms with van der Waals surface area (Å²) in [5.74, 6) is -0.409. The van der Waals surface area contributed by atoms with E-state index in [2.05, 4.69) is 0 Å². The molecule has 0 amide bonds. The molecule has 0 atom stereocenters. The highest BCUT2D eigenvalue weighted by molar-refractivity contribution is 5.80. The molecule has 164 valence electrons. The SMILES string of the molecule is CCC(=O)OC(C)(C)C.COc1c(C)c(CC(=O)OC(C)(C)C)oc(=O)c1C=O. The number of carbonyl (C=O) groups is 3. The van der Waals surface area contributed by atoms with Crippen LogP contribution in [0.15, 0.2) is 9.21 Å². The molecule has 0 aromatic carbocycles. The van der Waals surface area contributed by atoms with Gasteiger partial charge in [0.05, 0.1) is 7.11 Å². The average Bonchev–Trinajstić information content (AvgIpc) is 2.54. The Balaban J connectivity index is 0.000000734. The lowest BCUT2D eigenvalue weighted by atomic mass is 10.1. The van der Waals surface area contributed by atoms with Crippen LogP contribution in [0.2, 0.25) is 0 Å². The van der Waals surface area contributed by atoms with Gasteiger partial charge in [-0.15, -0.1) is 0 Å². The van der Waals surface area contributed by atoms with E-state index in [0.29, 0.717) is 18.3 Å². The minimum Gasteiger partial charge on any atom is -0.495 e. The Morgan fingerprint density at radius 3 is 1.83 bits per heavy atom. The fourth-order valence-electron chi connectivity index (χ4n) is 2.12. The van der Waals surface area contributed by atoms with E-state index in [9.17, 15) is 19.2 Å². The molecule has 0 saturated heterocycles. The number of ether oxygens (including phenoxy) is 3. The normalized spacial score (nSPS) is 11.1. The number of hydrogen-bond donors (Lipinski definition) is 0. The lowest BCUT2D eigenvalue weighted by Gasteiger charge is -2.19. The quantitative estimate of drug-likeness (QED) is 0.535. The Morgan fingerprint density at radius 1 is 1.00 bits per heavy atom. The molecule has 8 nitrogen and oxygen atoms in total. The lowest BCUT2D eigenvalue weighted by molar-refractivity contribution is -0.155. The van der Waals surface area contributed by atoms with E-state index >= 15 is 0 Å². The van der Waals surface area contributed by atoms with Gasteiger partial charge in [0.2, 0.25) is 0 Å². The first-order chi connectivity index (χ1) is 13.1. The van der Waals surface area contributed by atoms with Gasteiger partial charge in [-0.05, 0) is 48.5 Å². The van der Waals surface area contributed by atoms with Gasteiger partial charge in [0.15, 0.2) is 6.29 Å². The Labute approximate surface area is 171 Å². The summed E-state index contributed by atoms with van der Waals surface area (Å²) in [4.78, 5) is 44.8. The topological polar surface area (TPSA) is 109 Å². The maximum absolute atomic E-state index is 11.8. The van der Waals surface area contributed by atoms with Gasteiger partial charge < -0.3 is 18.6 Å². The Kier molecular flexibility index (Phi) is 9.80. The second kappa shape index (κ2) is 10.8. The van der Waals surface area contributed by atoms with Crippen molar-refractivity contribution in [1.29, 1.82) is 0 Å². The third kappa shape index (κ3) is 9.91. The van der Waals surface area contributed by atoms with Gasteiger partial charge >= 0.3 is 17.6 Å². The van der Waals surface area contributed by atoms with Crippen molar-refractivity contribution in [2.75, 3.05) is 7.11 Å². The van der Waals surface area contributed by atoms with E-state index in [1.807, 2.05) is 20.8 Å². The minimum absolute atomic E-state index is 0.120. The molecule has 0 N–H and O–H groups in total. The molecule has 1 rings (SSSR count). The first-order valence-electron chi connectivity index (χ1n) is 9.24. The van der Waals surface area contributed by atoms with E-state index in [0.717, 1.165) is 0 Å². The maximum Gasteiger partial charge on any atom is 0.350 e. The van der Waals surface area contributed by atoms with Crippen molar-refractivity contribution < 1.29 is 33.0 Å². The molecular weight excluding hydrogens is 380 g/mol. The van der Waals surface area contributed by atoms with Crippen molar-refractivity contribution in [3.63, 3.8) is 0 Å². The van der Waals surface area contributed by atoms with Crippen molar-refractivity contribution in [2.24, 2.45) is 0 Å². The second-order valence-corrected chi connectivity index (χ2v) is 8.21. The molecule has 0 saturated carbocycles. The lowest BCUT2D eigenvalue weighted by Crippen LogP contribution is -2.25. The monoisotopic (exact) mass is 412 g/mol. The summed E-state index contributed by atoms with van der Waals surface area (Å²) in [5, 5.41) is 0. The zero-order valence-electron chi connectivity index (χ0n) is 18.8. The summed E-state index contributed by atoms with van der Waals surface area (Å²) in [6, 6.07) is 0. The third-order valence-electron chi connectivity index (χ3n) is 3.19. The first kappa shape index (κ1) is 26.4. The van der Waals surface area contributed by atoms with Crippen LogP contribution in [0.3, 0.4) is 0 Å². The Bertz CT molecular complexity index is 776. The van der Waals surface area contributed by atoms with Crippen LogP contribution < -0.4 is 10.4 Å². The number of hydrogen-bond acceptors (Lipinski definition) is 8. The zero-order valence-corrected chi connectivity index (χ0v) is 18.8. The minimum atomic E-state index is -0.832. The van der Waals surface area contributed by atoms with E-state index in [1.165, 1.54) is 7.11 Å². The molecular formula is C21H32O8. The molecule has 0 aliphatic carbocycles. The van der Waals surface area contributed by atoms with Crippen LogP contribution in [0.4, 0.5) is 0 Å². The van der Waals surface area contributed by atoms with Crippen LogP contribution in [-0.2, 0) is 25.5 Å². The predicted molar refractivity (Wildman–Crippen MR) is 107 cm³/mol. The van der Waals surface area contributed by atoms with Crippen LogP contribution in [0, 0.1) is 6.92 Å². The van der Waals surface area contributed by atoms with Crippen molar-refractivity contribution in [2.45, 2.75) is 79.4 Å².